The van der Waals surface area contributed by atoms with Gasteiger partial charge >= 0.3 is 0 Å². The van der Waals surface area contributed by atoms with Gasteiger partial charge in [0.05, 0.1) is 6.54 Å². The molecular formula is C16H25N5O2. The molecule has 0 aromatic carbocycles. The van der Waals surface area contributed by atoms with E-state index < -0.39 is 0 Å². The van der Waals surface area contributed by atoms with Crippen molar-refractivity contribution < 1.29 is 9.59 Å². The largest absolute Gasteiger partial charge is 0.354 e. The number of rotatable bonds is 5. The van der Waals surface area contributed by atoms with E-state index in [4.69, 9.17) is 0 Å². The van der Waals surface area contributed by atoms with Crippen LogP contribution >= 0.6 is 0 Å². The minimum absolute atomic E-state index is 0.0539. The molecule has 7 nitrogen and oxygen atoms in total. The lowest BCUT2D eigenvalue weighted by atomic mass is 9.89. The number of aryl methyl sites for hydroxylation is 1. The summed E-state index contributed by atoms with van der Waals surface area (Å²) in [6.45, 7) is 2.55. The van der Waals surface area contributed by atoms with E-state index in [0.717, 1.165) is 25.2 Å². The Bertz CT molecular complexity index is 577. The van der Waals surface area contributed by atoms with Crippen LogP contribution in [0.2, 0.25) is 0 Å². The molecule has 2 heterocycles. The normalized spacial score (nSPS) is 21.0. The van der Waals surface area contributed by atoms with Crippen molar-refractivity contribution in [3.05, 3.63) is 11.6 Å². The molecule has 23 heavy (non-hydrogen) atoms. The molecule has 2 amide bonds. The van der Waals surface area contributed by atoms with Crippen LogP contribution in [0.1, 0.15) is 63.1 Å². The number of amides is 2. The second-order valence-corrected chi connectivity index (χ2v) is 6.62. The van der Waals surface area contributed by atoms with Crippen molar-refractivity contribution in [2.45, 2.75) is 64.5 Å². The molecule has 1 fully saturated rings. The summed E-state index contributed by atoms with van der Waals surface area (Å²) >= 11 is 0. The molecule has 0 radical (unpaired) electrons. The van der Waals surface area contributed by atoms with Crippen LogP contribution in [-0.2, 0) is 22.6 Å². The molecular weight excluding hydrogens is 294 g/mol. The molecule has 3 rings (SSSR count). The fraction of sp³-hybridized carbons (Fsp3) is 0.750. The third-order valence-corrected chi connectivity index (χ3v) is 4.88. The average Bonchev–Trinajstić information content (AvgIpc) is 3.13. The monoisotopic (exact) mass is 319 g/mol. The van der Waals surface area contributed by atoms with Gasteiger partial charge in [0.1, 0.15) is 11.9 Å². The van der Waals surface area contributed by atoms with E-state index in [9.17, 15) is 9.59 Å². The van der Waals surface area contributed by atoms with Crippen LogP contribution in [-0.4, -0.2) is 33.1 Å². The zero-order valence-corrected chi connectivity index (χ0v) is 13.7. The topological polar surface area (TPSA) is 88.9 Å². The zero-order valence-electron chi connectivity index (χ0n) is 13.7. The van der Waals surface area contributed by atoms with Gasteiger partial charge in [-0.1, -0.05) is 19.3 Å². The number of carbonyl (C=O) groups is 2. The molecule has 1 aromatic rings. The van der Waals surface area contributed by atoms with Crippen molar-refractivity contribution in [3.63, 3.8) is 0 Å². The van der Waals surface area contributed by atoms with Gasteiger partial charge < -0.3 is 15.2 Å². The lowest BCUT2D eigenvalue weighted by Crippen LogP contribution is -2.36. The standard InChI is InChI=1S/C16H25N5O2/c1-11(22)17-10-15-20-19-14-8-7-13(21(14)15)16(23)18-9-12-5-3-2-4-6-12/h12-13H,2-10H2,1H3,(H,17,22)(H,18,23). The summed E-state index contributed by atoms with van der Waals surface area (Å²) in [7, 11) is 0. The van der Waals surface area contributed by atoms with E-state index in [1.807, 2.05) is 4.57 Å². The zero-order chi connectivity index (χ0) is 16.2. The summed E-state index contributed by atoms with van der Waals surface area (Å²) in [4.78, 5) is 23.6. The fourth-order valence-corrected chi connectivity index (χ4v) is 3.61. The highest BCUT2D eigenvalue weighted by Crippen LogP contribution is 2.27. The minimum atomic E-state index is -0.243. The lowest BCUT2D eigenvalue weighted by Gasteiger charge is -2.23. The Morgan fingerprint density at radius 1 is 1.13 bits per heavy atom. The van der Waals surface area contributed by atoms with Gasteiger partial charge in [0.15, 0.2) is 5.82 Å². The van der Waals surface area contributed by atoms with Gasteiger partial charge in [-0.25, -0.2) is 0 Å². The molecule has 2 aliphatic rings. The number of carbonyl (C=O) groups excluding carboxylic acids is 2. The molecule has 1 atom stereocenters. The predicted molar refractivity (Wildman–Crippen MR) is 84.5 cm³/mol. The summed E-state index contributed by atoms with van der Waals surface area (Å²) in [5, 5.41) is 14.1. The molecule has 1 saturated carbocycles. The summed E-state index contributed by atoms with van der Waals surface area (Å²) in [6.07, 6.45) is 7.83. The summed E-state index contributed by atoms with van der Waals surface area (Å²) in [6, 6.07) is -0.243. The van der Waals surface area contributed by atoms with E-state index in [2.05, 4.69) is 20.8 Å². The fourth-order valence-electron chi connectivity index (χ4n) is 3.61. The molecule has 2 N–H and O–H groups in total. The summed E-state index contributed by atoms with van der Waals surface area (Å²) in [5.74, 6) is 2.05. The van der Waals surface area contributed by atoms with Crippen molar-refractivity contribution in [1.29, 1.82) is 0 Å². The highest BCUT2D eigenvalue weighted by Gasteiger charge is 2.32. The molecule has 1 unspecified atom stereocenters. The molecule has 1 aliphatic heterocycles. The predicted octanol–water partition coefficient (Wildman–Crippen LogP) is 1.10. The number of hydrogen-bond acceptors (Lipinski definition) is 4. The second kappa shape index (κ2) is 7.10. The quantitative estimate of drug-likeness (QED) is 0.850. The minimum Gasteiger partial charge on any atom is -0.354 e. The summed E-state index contributed by atoms with van der Waals surface area (Å²) in [5.41, 5.74) is 0. The first-order chi connectivity index (χ1) is 11.1. The first-order valence-electron chi connectivity index (χ1n) is 8.60. The van der Waals surface area contributed by atoms with Crippen LogP contribution in [0.15, 0.2) is 0 Å². The number of fused-ring (bicyclic) bond motifs is 1. The van der Waals surface area contributed by atoms with Crippen molar-refractivity contribution >= 4 is 11.8 Å². The van der Waals surface area contributed by atoms with Gasteiger partial charge in [-0.15, -0.1) is 10.2 Å². The van der Waals surface area contributed by atoms with Gasteiger partial charge in [-0.2, -0.15) is 0 Å². The van der Waals surface area contributed by atoms with Crippen LogP contribution < -0.4 is 10.6 Å². The Kier molecular flexibility index (Phi) is 4.93. The van der Waals surface area contributed by atoms with Crippen molar-refractivity contribution in [2.24, 2.45) is 5.92 Å². The Hall–Kier alpha value is -1.92. The van der Waals surface area contributed by atoms with Crippen molar-refractivity contribution in [1.82, 2.24) is 25.4 Å². The lowest BCUT2D eigenvalue weighted by molar-refractivity contribution is -0.124. The Morgan fingerprint density at radius 2 is 1.91 bits per heavy atom. The maximum Gasteiger partial charge on any atom is 0.243 e. The Labute approximate surface area is 136 Å². The van der Waals surface area contributed by atoms with E-state index in [0.29, 0.717) is 18.3 Å². The second-order valence-electron chi connectivity index (χ2n) is 6.62. The molecule has 0 bridgehead atoms. The maximum atomic E-state index is 12.6. The van der Waals surface area contributed by atoms with Crippen LogP contribution in [0.25, 0.3) is 0 Å². The highest BCUT2D eigenvalue weighted by molar-refractivity contribution is 5.81. The Morgan fingerprint density at radius 3 is 2.65 bits per heavy atom. The molecule has 1 aromatic heterocycles. The number of aromatic nitrogens is 3. The van der Waals surface area contributed by atoms with E-state index >= 15 is 0 Å². The van der Waals surface area contributed by atoms with Gasteiger partial charge in [0.25, 0.3) is 0 Å². The molecule has 126 valence electrons. The van der Waals surface area contributed by atoms with Crippen molar-refractivity contribution in [3.8, 4) is 0 Å². The van der Waals surface area contributed by atoms with Crippen LogP contribution in [0, 0.1) is 5.92 Å². The Balaban J connectivity index is 1.60. The van der Waals surface area contributed by atoms with Gasteiger partial charge in [0, 0.05) is 19.9 Å². The number of nitrogens with zero attached hydrogens (tertiary/aromatic N) is 3. The van der Waals surface area contributed by atoms with E-state index in [1.54, 1.807) is 0 Å². The van der Waals surface area contributed by atoms with Crippen LogP contribution in [0.5, 0.6) is 0 Å². The number of hydrogen-bond donors (Lipinski definition) is 2. The third kappa shape index (κ3) is 3.71. The number of nitrogens with one attached hydrogen (secondary N) is 2. The van der Waals surface area contributed by atoms with Gasteiger partial charge in [-0.3, -0.25) is 9.59 Å². The van der Waals surface area contributed by atoms with Gasteiger partial charge in [-0.05, 0) is 25.2 Å². The van der Waals surface area contributed by atoms with Gasteiger partial charge in [0.2, 0.25) is 11.8 Å². The van der Waals surface area contributed by atoms with E-state index in [1.165, 1.54) is 39.0 Å². The van der Waals surface area contributed by atoms with Crippen molar-refractivity contribution in [2.75, 3.05) is 6.54 Å². The molecule has 1 aliphatic carbocycles. The maximum absolute atomic E-state index is 12.6. The molecule has 0 saturated heterocycles. The third-order valence-electron chi connectivity index (χ3n) is 4.88. The molecule has 7 heteroatoms. The SMILES string of the molecule is CC(=O)NCc1nnc2n1C(C(=O)NCC1CCCCC1)CC2. The smallest absolute Gasteiger partial charge is 0.243 e. The van der Waals surface area contributed by atoms with E-state index in [-0.39, 0.29) is 17.9 Å². The first kappa shape index (κ1) is 16.0. The summed E-state index contributed by atoms with van der Waals surface area (Å²) < 4.78 is 1.89. The highest BCUT2D eigenvalue weighted by atomic mass is 16.2. The van der Waals surface area contributed by atoms with Crippen LogP contribution in [0.3, 0.4) is 0 Å². The first-order valence-corrected chi connectivity index (χ1v) is 8.60. The average molecular weight is 319 g/mol. The van der Waals surface area contributed by atoms with Crippen LogP contribution in [0.4, 0.5) is 0 Å². The molecule has 0 spiro atoms.